The van der Waals surface area contributed by atoms with Gasteiger partial charge in [0.05, 0.1) is 6.61 Å². The van der Waals surface area contributed by atoms with Gasteiger partial charge < -0.3 is 4.74 Å². The molecule has 0 N–H and O–H groups in total. The topological polar surface area (TPSA) is 9.23 Å². The van der Waals surface area contributed by atoms with E-state index in [2.05, 4.69) is 20.8 Å². The van der Waals surface area contributed by atoms with Gasteiger partial charge in [0.2, 0.25) is 0 Å². The van der Waals surface area contributed by atoms with Crippen LogP contribution in [0.25, 0.3) is 0 Å². The zero-order chi connectivity index (χ0) is 12.8. The molecule has 1 radical (unpaired) electrons. The number of hydrogen-bond acceptors (Lipinski definition) is 1. The SMILES string of the molecule is CCCCCCCCCCC[CH]OCC(C)C. The number of rotatable bonds is 13. The first-order valence-electron chi connectivity index (χ1n) is 7.70. The second kappa shape index (κ2) is 14.0. The molecule has 0 rings (SSSR count). The summed E-state index contributed by atoms with van der Waals surface area (Å²) in [6, 6.07) is 0. The van der Waals surface area contributed by atoms with E-state index in [1.165, 1.54) is 57.8 Å². The highest BCUT2D eigenvalue weighted by molar-refractivity contribution is 4.54. The molecule has 0 aliphatic heterocycles. The molecule has 0 saturated carbocycles. The lowest BCUT2D eigenvalue weighted by Gasteiger charge is -2.05. The third-order valence-electron chi connectivity index (χ3n) is 2.97. The normalized spacial score (nSPS) is 11.3. The van der Waals surface area contributed by atoms with Crippen LogP contribution in [0, 0.1) is 12.5 Å². The maximum atomic E-state index is 5.44. The van der Waals surface area contributed by atoms with Gasteiger partial charge >= 0.3 is 0 Å². The molecule has 0 aromatic heterocycles. The Bertz CT molecular complexity index is 131. The fourth-order valence-corrected chi connectivity index (χ4v) is 1.88. The van der Waals surface area contributed by atoms with Gasteiger partial charge in [-0.25, -0.2) is 0 Å². The van der Waals surface area contributed by atoms with E-state index in [1.807, 2.05) is 6.61 Å². The molecule has 0 fully saturated rings. The van der Waals surface area contributed by atoms with Crippen LogP contribution < -0.4 is 0 Å². The first-order chi connectivity index (χ1) is 8.27. The molecule has 17 heavy (non-hydrogen) atoms. The molecule has 1 nitrogen and oxygen atoms in total. The third-order valence-corrected chi connectivity index (χ3v) is 2.97. The van der Waals surface area contributed by atoms with Crippen LogP contribution in [0.2, 0.25) is 0 Å². The molecule has 0 bridgehead atoms. The van der Waals surface area contributed by atoms with Crippen molar-refractivity contribution in [2.45, 2.75) is 85.0 Å². The van der Waals surface area contributed by atoms with Gasteiger partial charge in [0.1, 0.15) is 0 Å². The van der Waals surface area contributed by atoms with Crippen molar-refractivity contribution in [2.75, 3.05) is 6.61 Å². The van der Waals surface area contributed by atoms with E-state index in [0.29, 0.717) is 5.92 Å². The molecule has 0 atom stereocenters. The van der Waals surface area contributed by atoms with E-state index in [4.69, 9.17) is 4.74 Å². The zero-order valence-corrected chi connectivity index (χ0v) is 12.3. The van der Waals surface area contributed by atoms with Gasteiger partial charge in [-0.2, -0.15) is 0 Å². The minimum Gasteiger partial charge on any atom is -0.375 e. The highest BCUT2D eigenvalue weighted by atomic mass is 16.5. The first kappa shape index (κ1) is 17.0. The number of unbranched alkanes of at least 4 members (excludes halogenated alkanes) is 9. The minimum atomic E-state index is 0.648. The molecule has 0 spiro atoms. The molecular weight excluding hydrogens is 208 g/mol. The lowest BCUT2D eigenvalue weighted by Crippen LogP contribution is -1.99. The van der Waals surface area contributed by atoms with Gasteiger partial charge in [0.15, 0.2) is 0 Å². The molecule has 0 heterocycles. The zero-order valence-electron chi connectivity index (χ0n) is 12.3. The Morgan fingerprint density at radius 1 is 0.824 bits per heavy atom. The Balaban J connectivity index is 2.89. The highest BCUT2D eigenvalue weighted by Gasteiger charge is 1.95. The van der Waals surface area contributed by atoms with Crippen molar-refractivity contribution in [1.82, 2.24) is 0 Å². The van der Waals surface area contributed by atoms with Crippen LogP contribution in [-0.2, 0) is 4.74 Å². The van der Waals surface area contributed by atoms with Gasteiger partial charge in [-0.15, -0.1) is 0 Å². The predicted molar refractivity (Wildman–Crippen MR) is 76.9 cm³/mol. The van der Waals surface area contributed by atoms with Gasteiger partial charge in [0, 0.05) is 6.61 Å². The van der Waals surface area contributed by atoms with Crippen LogP contribution in [0.4, 0.5) is 0 Å². The molecular formula is C16H33O. The van der Waals surface area contributed by atoms with Crippen LogP contribution >= 0.6 is 0 Å². The summed E-state index contributed by atoms with van der Waals surface area (Å²) in [5.41, 5.74) is 0. The van der Waals surface area contributed by atoms with Crippen LogP contribution in [0.5, 0.6) is 0 Å². The maximum absolute atomic E-state index is 5.44. The molecule has 0 unspecified atom stereocenters. The van der Waals surface area contributed by atoms with E-state index in [-0.39, 0.29) is 0 Å². The summed E-state index contributed by atoms with van der Waals surface area (Å²) in [6.45, 7) is 9.52. The van der Waals surface area contributed by atoms with E-state index >= 15 is 0 Å². The highest BCUT2D eigenvalue weighted by Crippen LogP contribution is 2.11. The summed E-state index contributed by atoms with van der Waals surface area (Å²) in [5.74, 6) is 0.648. The van der Waals surface area contributed by atoms with E-state index < -0.39 is 0 Å². The Kier molecular flexibility index (Phi) is 14.0. The summed E-state index contributed by atoms with van der Waals surface area (Å²) in [7, 11) is 0. The first-order valence-corrected chi connectivity index (χ1v) is 7.70. The van der Waals surface area contributed by atoms with E-state index in [0.717, 1.165) is 13.0 Å². The fourth-order valence-electron chi connectivity index (χ4n) is 1.88. The second-order valence-electron chi connectivity index (χ2n) is 5.51. The van der Waals surface area contributed by atoms with Gasteiger partial charge in [-0.05, 0) is 12.3 Å². The summed E-state index contributed by atoms with van der Waals surface area (Å²) < 4.78 is 5.44. The quantitative estimate of drug-likeness (QED) is 0.373. The summed E-state index contributed by atoms with van der Waals surface area (Å²) in [5, 5.41) is 0. The smallest absolute Gasteiger partial charge is 0.0836 e. The average Bonchev–Trinajstić information content (AvgIpc) is 2.30. The van der Waals surface area contributed by atoms with Crippen molar-refractivity contribution >= 4 is 0 Å². The number of hydrogen-bond donors (Lipinski definition) is 0. The maximum Gasteiger partial charge on any atom is 0.0836 e. The Morgan fingerprint density at radius 3 is 1.88 bits per heavy atom. The largest absolute Gasteiger partial charge is 0.375 e. The average molecular weight is 241 g/mol. The van der Waals surface area contributed by atoms with Gasteiger partial charge in [0.25, 0.3) is 0 Å². The summed E-state index contributed by atoms with van der Waals surface area (Å²) >= 11 is 0. The lowest BCUT2D eigenvalue weighted by molar-refractivity contribution is 0.160. The van der Waals surface area contributed by atoms with Crippen molar-refractivity contribution in [3.8, 4) is 0 Å². The molecule has 0 aliphatic rings. The molecule has 1 heteroatoms. The predicted octanol–water partition coefficient (Wildman–Crippen LogP) is 5.74. The summed E-state index contributed by atoms with van der Waals surface area (Å²) in [6.07, 6.45) is 13.7. The van der Waals surface area contributed by atoms with Crippen LogP contribution in [0.3, 0.4) is 0 Å². The van der Waals surface area contributed by atoms with Crippen LogP contribution in [-0.4, -0.2) is 6.61 Å². The lowest BCUT2D eigenvalue weighted by atomic mass is 10.1. The van der Waals surface area contributed by atoms with E-state index in [9.17, 15) is 0 Å². The van der Waals surface area contributed by atoms with Gasteiger partial charge in [-0.1, -0.05) is 78.6 Å². The molecule has 0 saturated heterocycles. The minimum absolute atomic E-state index is 0.648. The standard InChI is InChI=1S/C16H33O/c1-4-5-6-7-8-9-10-11-12-13-14-17-15-16(2)3/h14,16H,4-13,15H2,1-3H3. The molecule has 0 aromatic carbocycles. The van der Waals surface area contributed by atoms with Crippen molar-refractivity contribution < 1.29 is 4.74 Å². The van der Waals surface area contributed by atoms with Crippen molar-refractivity contribution in [1.29, 1.82) is 0 Å². The third kappa shape index (κ3) is 16.0. The van der Waals surface area contributed by atoms with Gasteiger partial charge in [-0.3, -0.25) is 0 Å². The molecule has 0 aliphatic carbocycles. The number of ether oxygens (including phenoxy) is 1. The molecule has 103 valence electrons. The molecule has 0 amide bonds. The summed E-state index contributed by atoms with van der Waals surface area (Å²) in [4.78, 5) is 0. The van der Waals surface area contributed by atoms with Crippen LogP contribution in [0.15, 0.2) is 0 Å². The second-order valence-corrected chi connectivity index (χ2v) is 5.51. The Morgan fingerprint density at radius 2 is 1.35 bits per heavy atom. The van der Waals surface area contributed by atoms with Crippen molar-refractivity contribution in [3.05, 3.63) is 6.61 Å². The Hall–Kier alpha value is -0.0400. The monoisotopic (exact) mass is 241 g/mol. The fraction of sp³-hybridized carbons (Fsp3) is 0.938. The van der Waals surface area contributed by atoms with Crippen LogP contribution in [0.1, 0.15) is 85.0 Å². The van der Waals surface area contributed by atoms with Crippen molar-refractivity contribution in [2.24, 2.45) is 5.92 Å². The van der Waals surface area contributed by atoms with E-state index in [1.54, 1.807) is 0 Å². The molecule has 0 aromatic rings. The van der Waals surface area contributed by atoms with Crippen molar-refractivity contribution in [3.63, 3.8) is 0 Å². The Labute approximate surface area is 109 Å².